The van der Waals surface area contributed by atoms with Gasteiger partial charge in [0.2, 0.25) is 5.91 Å². The van der Waals surface area contributed by atoms with Crippen molar-refractivity contribution in [3.63, 3.8) is 0 Å². The van der Waals surface area contributed by atoms with Gasteiger partial charge in [-0.2, -0.15) is 13.2 Å². The van der Waals surface area contributed by atoms with E-state index in [2.05, 4.69) is 10.2 Å². The fourth-order valence-corrected chi connectivity index (χ4v) is 7.87. The number of piperidine rings is 1. The minimum absolute atomic E-state index is 0.000282. The first-order chi connectivity index (χ1) is 18.9. The fraction of sp³-hybridized carbons (Fsp3) is 0.700. The van der Waals surface area contributed by atoms with Gasteiger partial charge in [-0.25, -0.2) is 4.79 Å². The third-order valence-corrected chi connectivity index (χ3v) is 9.85. The third-order valence-electron chi connectivity index (χ3n) is 9.85. The molecule has 10 heteroatoms. The molecule has 0 aromatic heterocycles. The molecule has 7 nitrogen and oxygen atoms in total. The van der Waals surface area contributed by atoms with Crippen molar-refractivity contribution in [1.29, 1.82) is 0 Å². The molecule has 1 saturated carbocycles. The molecule has 2 bridgehead atoms. The highest BCUT2D eigenvalue weighted by Crippen LogP contribution is 2.48. The van der Waals surface area contributed by atoms with Gasteiger partial charge in [-0.05, 0) is 77.2 Å². The van der Waals surface area contributed by atoms with Gasteiger partial charge in [0.25, 0.3) is 5.91 Å². The molecule has 3 saturated heterocycles. The summed E-state index contributed by atoms with van der Waals surface area (Å²) < 4.78 is 39.4. The summed E-state index contributed by atoms with van der Waals surface area (Å²) >= 11 is 0. The molecule has 3 heterocycles. The molecule has 4 fully saturated rings. The molecule has 0 radical (unpaired) electrons. The van der Waals surface area contributed by atoms with Crippen molar-refractivity contribution < 1.29 is 27.6 Å². The summed E-state index contributed by atoms with van der Waals surface area (Å²) in [4.78, 5) is 45.0. The van der Waals surface area contributed by atoms with E-state index in [-0.39, 0.29) is 67.7 Å². The Morgan fingerprint density at radius 2 is 1.60 bits per heavy atom. The Bertz CT molecular complexity index is 1090. The van der Waals surface area contributed by atoms with E-state index < -0.39 is 23.6 Å². The molecule has 3 atom stereocenters. The average molecular weight is 563 g/mol. The first-order valence-corrected chi connectivity index (χ1v) is 14.7. The first kappa shape index (κ1) is 28.9. The van der Waals surface area contributed by atoms with Crippen molar-refractivity contribution in [3.05, 3.63) is 35.9 Å². The summed E-state index contributed by atoms with van der Waals surface area (Å²) in [5.74, 6) is -1.98. The van der Waals surface area contributed by atoms with Crippen LogP contribution >= 0.6 is 0 Å². The number of hydrogen-bond acceptors (Lipinski definition) is 4. The smallest absolute Gasteiger partial charge is 0.349 e. The Labute approximate surface area is 234 Å². The maximum absolute atomic E-state index is 13.4. The summed E-state index contributed by atoms with van der Waals surface area (Å²) in [6, 6.07) is 9.53. The van der Waals surface area contributed by atoms with Crippen LogP contribution in [-0.2, 0) is 9.59 Å². The highest BCUT2D eigenvalue weighted by Gasteiger charge is 2.62. The molecule has 4 amide bonds. The van der Waals surface area contributed by atoms with Gasteiger partial charge >= 0.3 is 12.2 Å². The lowest BCUT2D eigenvalue weighted by molar-refractivity contribution is -0.184. The first-order valence-electron chi connectivity index (χ1n) is 14.7. The number of benzene rings is 1. The van der Waals surface area contributed by atoms with Crippen LogP contribution in [0.25, 0.3) is 0 Å². The number of alkyl halides is 3. The van der Waals surface area contributed by atoms with Crippen LogP contribution in [0.2, 0.25) is 0 Å². The minimum atomic E-state index is -4.20. The lowest BCUT2D eigenvalue weighted by Gasteiger charge is -2.48. The number of urea groups is 1. The fourth-order valence-electron chi connectivity index (χ4n) is 7.87. The summed E-state index contributed by atoms with van der Waals surface area (Å²) in [5, 5.41) is 3.17. The summed E-state index contributed by atoms with van der Waals surface area (Å²) in [5.41, 5.74) is 0.190. The number of hydrogen-bond donors (Lipinski definition) is 1. The Hall–Kier alpha value is -2.62. The van der Waals surface area contributed by atoms with E-state index in [0.717, 1.165) is 24.9 Å². The zero-order valence-electron chi connectivity index (χ0n) is 23.6. The van der Waals surface area contributed by atoms with Gasteiger partial charge in [-0.1, -0.05) is 30.3 Å². The molecule has 1 spiro atoms. The minimum Gasteiger partial charge on any atom is -0.349 e. The highest BCUT2D eigenvalue weighted by atomic mass is 19.4. The van der Waals surface area contributed by atoms with Crippen LogP contribution in [0.4, 0.5) is 18.0 Å². The van der Waals surface area contributed by atoms with Gasteiger partial charge in [0.1, 0.15) is 5.54 Å². The third kappa shape index (κ3) is 5.23. The van der Waals surface area contributed by atoms with Crippen LogP contribution in [0.15, 0.2) is 30.3 Å². The number of rotatable bonds is 7. The molecule has 220 valence electrons. The van der Waals surface area contributed by atoms with Crippen molar-refractivity contribution in [3.8, 4) is 0 Å². The Kier molecular flexibility index (Phi) is 7.94. The standard InChI is InChI=1S/C30H41F3N4O3/c1-19(2)37-28(40)35(3)27(39)29(37)17-23-13-14-24(18-29)36(23)16-15-25(20-7-5-4-6-8-20)34-26(38)21-9-11-22(12-10-21)30(31,32)33/h4-8,19,21-25H,9-18H2,1-3H3,(H,34,38)/t21?,22?,23?,24?,25-,29?/m0/s1. The Morgan fingerprint density at radius 1 is 1.00 bits per heavy atom. The quantitative estimate of drug-likeness (QED) is 0.460. The van der Waals surface area contributed by atoms with Crippen LogP contribution in [0.5, 0.6) is 0 Å². The van der Waals surface area contributed by atoms with Crippen molar-refractivity contribution >= 4 is 17.8 Å². The number of likely N-dealkylation sites (N-methyl/N-ethyl adjacent to an activating group) is 1. The zero-order chi connectivity index (χ0) is 28.8. The van der Waals surface area contributed by atoms with Crippen LogP contribution in [0, 0.1) is 11.8 Å². The number of nitrogens with zero attached hydrogens (tertiary/aromatic N) is 3. The second kappa shape index (κ2) is 11.0. The van der Waals surface area contributed by atoms with E-state index in [1.165, 1.54) is 4.90 Å². The average Bonchev–Trinajstić information content (AvgIpc) is 3.27. The van der Waals surface area contributed by atoms with E-state index in [0.29, 0.717) is 19.3 Å². The topological polar surface area (TPSA) is 73.0 Å². The number of carbonyl (C=O) groups is 3. The molecule has 1 aromatic carbocycles. The van der Waals surface area contributed by atoms with E-state index >= 15 is 0 Å². The van der Waals surface area contributed by atoms with Gasteiger partial charge in [0.05, 0.1) is 12.0 Å². The molecule has 1 N–H and O–H groups in total. The van der Waals surface area contributed by atoms with Gasteiger partial charge in [-0.3, -0.25) is 19.4 Å². The van der Waals surface area contributed by atoms with Gasteiger partial charge < -0.3 is 10.2 Å². The maximum atomic E-state index is 13.4. The SMILES string of the molecule is CC(C)N1C(=O)N(C)C(=O)C12CC1CCC(C2)N1CC[C@H](NC(=O)C1CCC(C(F)(F)F)CC1)c1ccccc1. The molecule has 2 unspecified atom stereocenters. The second-order valence-electron chi connectivity index (χ2n) is 12.5. The second-order valence-corrected chi connectivity index (χ2v) is 12.5. The van der Waals surface area contributed by atoms with Crippen LogP contribution in [0.3, 0.4) is 0 Å². The lowest BCUT2D eigenvalue weighted by Crippen LogP contribution is -2.61. The summed E-state index contributed by atoms with van der Waals surface area (Å²) in [7, 11) is 1.58. The monoisotopic (exact) mass is 562 g/mol. The predicted octanol–water partition coefficient (Wildman–Crippen LogP) is 5.27. The van der Waals surface area contributed by atoms with Gasteiger partial charge in [0.15, 0.2) is 0 Å². The molecular weight excluding hydrogens is 521 g/mol. The molecule has 4 aliphatic rings. The van der Waals surface area contributed by atoms with Crippen molar-refractivity contribution in [2.75, 3.05) is 13.6 Å². The van der Waals surface area contributed by atoms with Crippen LogP contribution in [-0.4, -0.2) is 76.0 Å². The maximum Gasteiger partial charge on any atom is 0.391 e. The summed E-state index contributed by atoms with van der Waals surface area (Å²) in [6.07, 6.45) is 0.131. The Morgan fingerprint density at radius 3 is 2.15 bits per heavy atom. The highest BCUT2D eigenvalue weighted by molar-refractivity contribution is 6.07. The largest absolute Gasteiger partial charge is 0.391 e. The number of amides is 4. The number of nitrogens with one attached hydrogen (secondary N) is 1. The predicted molar refractivity (Wildman–Crippen MR) is 144 cm³/mol. The molecule has 1 aliphatic carbocycles. The molecule has 5 rings (SSSR count). The van der Waals surface area contributed by atoms with Gasteiger partial charge in [0, 0.05) is 37.6 Å². The number of carbonyl (C=O) groups excluding carboxylic acids is 3. The van der Waals surface area contributed by atoms with E-state index in [1.54, 1.807) is 11.9 Å². The zero-order valence-corrected chi connectivity index (χ0v) is 23.6. The van der Waals surface area contributed by atoms with E-state index in [9.17, 15) is 27.6 Å². The number of imide groups is 1. The van der Waals surface area contributed by atoms with Crippen LogP contribution < -0.4 is 5.32 Å². The molecule has 40 heavy (non-hydrogen) atoms. The van der Waals surface area contributed by atoms with Crippen molar-refractivity contribution in [2.45, 2.75) is 108 Å². The normalized spacial score (nSPS) is 31.9. The number of fused-ring (bicyclic) bond motifs is 2. The van der Waals surface area contributed by atoms with E-state index in [4.69, 9.17) is 0 Å². The van der Waals surface area contributed by atoms with Crippen LogP contribution in [0.1, 0.15) is 83.2 Å². The van der Waals surface area contributed by atoms with Crippen molar-refractivity contribution in [2.24, 2.45) is 11.8 Å². The van der Waals surface area contributed by atoms with E-state index in [1.807, 2.05) is 44.2 Å². The molecule has 1 aromatic rings. The molecular formula is C30H41F3N4O3. The van der Waals surface area contributed by atoms with Gasteiger partial charge in [-0.15, -0.1) is 0 Å². The Balaban J connectivity index is 1.26. The number of halogens is 3. The summed E-state index contributed by atoms with van der Waals surface area (Å²) in [6.45, 7) is 4.65. The van der Waals surface area contributed by atoms with Crippen molar-refractivity contribution in [1.82, 2.24) is 20.0 Å². The lowest BCUT2D eigenvalue weighted by atomic mass is 9.80. The molecule has 3 aliphatic heterocycles.